The number of halogens is 1. The monoisotopic (exact) mass is 355 g/mol. The van der Waals surface area contributed by atoms with Gasteiger partial charge in [-0.1, -0.05) is 11.6 Å². The topological polar surface area (TPSA) is 85.5 Å². The molecule has 0 saturated carbocycles. The summed E-state index contributed by atoms with van der Waals surface area (Å²) in [6, 6.07) is 6.79. The van der Waals surface area contributed by atoms with Gasteiger partial charge in [0.05, 0.1) is 16.0 Å². The molecule has 0 spiro atoms. The first-order chi connectivity index (χ1) is 10.8. The van der Waals surface area contributed by atoms with Gasteiger partial charge in [-0.25, -0.2) is 8.42 Å². The number of benzene rings is 1. The molecule has 23 heavy (non-hydrogen) atoms. The summed E-state index contributed by atoms with van der Waals surface area (Å²) in [5, 5.41) is 10.9. The van der Waals surface area contributed by atoms with Gasteiger partial charge in [-0.2, -0.15) is 4.31 Å². The van der Waals surface area contributed by atoms with Crippen LogP contribution in [0.5, 0.6) is 0 Å². The minimum Gasteiger partial charge on any atom is -0.349 e. The standard InChI is InChI=1S/C14H14ClN3O4S/c1-10-13-3-2-6-16(13)7-8-17(10)23(21,22)14-9-11(18(19)20)4-5-12(14)15/h2-6,9-10H,7-8H2,1H3. The molecular formula is C14H14ClN3O4S. The number of nitro benzene ring substituents is 1. The van der Waals surface area contributed by atoms with Crippen LogP contribution in [0.15, 0.2) is 41.4 Å². The van der Waals surface area contributed by atoms with Crippen LogP contribution >= 0.6 is 11.6 Å². The number of hydrogen-bond acceptors (Lipinski definition) is 4. The maximum Gasteiger partial charge on any atom is 0.270 e. The first-order valence-corrected chi connectivity index (χ1v) is 8.75. The van der Waals surface area contributed by atoms with Gasteiger partial charge < -0.3 is 4.57 Å². The molecule has 7 nitrogen and oxygen atoms in total. The Morgan fingerprint density at radius 3 is 2.74 bits per heavy atom. The van der Waals surface area contributed by atoms with Crippen molar-refractivity contribution in [2.75, 3.05) is 6.54 Å². The van der Waals surface area contributed by atoms with Gasteiger partial charge in [-0.3, -0.25) is 10.1 Å². The second kappa shape index (κ2) is 5.63. The molecule has 1 atom stereocenters. The van der Waals surface area contributed by atoms with E-state index in [1.807, 2.05) is 22.9 Å². The van der Waals surface area contributed by atoms with E-state index in [0.717, 1.165) is 11.8 Å². The van der Waals surface area contributed by atoms with E-state index in [1.165, 1.54) is 16.4 Å². The second-order valence-electron chi connectivity index (χ2n) is 5.29. The van der Waals surface area contributed by atoms with E-state index >= 15 is 0 Å². The number of nitro groups is 1. The maximum absolute atomic E-state index is 12.9. The molecule has 0 fully saturated rings. The predicted molar refractivity (Wildman–Crippen MR) is 84.8 cm³/mol. The molecule has 0 N–H and O–H groups in total. The van der Waals surface area contributed by atoms with E-state index in [1.54, 1.807) is 6.92 Å². The predicted octanol–water partition coefficient (Wildman–Crippen LogP) is 2.82. The normalized spacial score (nSPS) is 18.6. The largest absolute Gasteiger partial charge is 0.349 e. The molecule has 0 saturated heterocycles. The van der Waals surface area contributed by atoms with Crippen LogP contribution in [-0.4, -0.2) is 28.8 Å². The van der Waals surface area contributed by atoms with Gasteiger partial charge >= 0.3 is 0 Å². The van der Waals surface area contributed by atoms with Crippen LogP contribution < -0.4 is 0 Å². The Morgan fingerprint density at radius 1 is 1.30 bits per heavy atom. The summed E-state index contributed by atoms with van der Waals surface area (Å²) in [4.78, 5) is 10.0. The Hall–Kier alpha value is -1.90. The number of nitrogens with zero attached hydrogens (tertiary/aromatic N) is 3. The third-order valence-electron chi connectivity index (χ3n) is 4.00. The highest BCUT2D eigenvalue weighted by Crippen LogP contribution is 2.34. The molecule has 1 unspecified atom stereocenters. The average Bonchev–Trinajstić information content (AvgIpc) is 2.96. The van der Waals surface area contributed by atoms with Gasteiger partial charge in [-0.05, 0) is 25.1 Å². The van der Waals surface area contributed by atoms with E-state index in [2.05, 4.69) is 0 Å². The molecule has 122 valence electrons. The van der Waals surface area contributed by atoms with Crippen molar-refractivity contribution in [1.29, 1.82) is 0 Å². The molecule has 1 aromatic carbocycles. The van der Waals surface area contributed by atoms with Crippen molar-refractivity contribution in [1.82, 2.24) is 8.87 Å². The number of aromatic nitrogens is 1. The van der Waals surface area contributed by atoms with Crippen molar-refractivity contribution in [3.05, 3.63) is 57.4 Å². The van der Waals surface area contributed by atoms with Crippen LogP contribution in [0, 0.1) is 10.1 Å². The third kappa shape index (κ3) is 2.62. The number of non-ortho nitro benzene ring substituents is 1. The summed E-state index contributed by atoms with van der Waals surface area (Å²) in [6.07, 6.45) is 1.90. The number of rotatable bonds is 3. The molecule has 1 aliphatic rings. The van der Waals surface area contributed by atoms with Crippen LogP contribution in [0.3, 0.4) is 0 Å². The Kier molecular flexibility index (Phi) is 3.91. The van der Waals surface area contributed by atoms with Crippen LogP contribution in [0.1, 0.15) is 18.7 Å². The van der Waals surface area contributed by atoms with Crippen LogP contribution in [0.4, 0.5) is 5.69 Å². The van der Waals surface area contributed by atoms with Gasteiger partial charge in [0.15, 0.2) is 0 Å². The summed E-state index contributed by atoms with van der Waals surface area (Å²) < 4.78 is 29.2. The first kappa shape index (κ1) is 16.0. The second-order valence-corrected chi connectivity index (χ2v) is 7.56. The molecule has 0 amide bonds. The van der Waals surface area contributed by atoms with Crippen LogP contribution in [0.25, 0.3) is 0 Å². The average molecular weight is 356 g/mol. The Balaban J connectivity index is 2.06. The van der Waals surface area contributed by atoms with Gasteiger partial charge in [-0.15, -0.1) is 0 Å². The van der Waals surface area contributed by atoms with Gasteiger partial charge in [0.2, 0.25) is 10.0 Å². The van der Waals surface area contributed by atoms with Gasteiger partial charge in [0, 0.05) is 37.1 Å². The quantitative estimate of drug-likeness (QED) is 0.625. The number of sulfonamides is 1. The maximum atomic E-state index is 12.9. The molecule has 1 aliphatic heterocycles. The molecule has 0 aliphatic carbocycles. The lowest BCUT2D eigenvalue weighted by molar-refractivity contribution is -0.385. The van der Waals surface area contributed by atoms with Crippen LogP contribution in [0.2, 0.25) is 5.02 Å². The highest BCUT2D eigenvalue weighted by molar-refractivity contribution is 7.89. The molecule has 9 heteroatoms. The lowest BCUT2D eigenvalue weighted by Crippen LogP contribution is -2.40. The summed E-state index contributed by atoms with van der Waals surface area (Å²) in [6.45, 7) is 2.59. The zero-order valence-electron chi connectivity index (χ0n) is 12.2. The minimum absolute atomic E-state index is 0.0243. The highest BCUT2D eigenvalue weighted by atomic mass is 35.5. The van der Waals surface area contributed by atoms with Crippen molar-refractivity contribution in [2.24, 2.45) is 0 Å². The zero-order chi connectivity index (χ0) is 16.8. The first-order valence-electron chi connectivity index (χ1n) is 6.93. The van der Waals surface area contributed by atoms with E-state index in [0.29, 0.717) is 6.54 Å². The fraction of sp³-hybridized carbons (Fsp3) is 0.286. The van der Waals surface area contributed by atoms with Crippen molar-refractivity contribution in [2.45, 2.75) is 24.4 Å². The summed E-state index contributed by atoms with van der Waals surface area (Å²) >= 11 is 6.00. The highest BCUT2D eigenvalue weighted by Gasteiger charge is 2.35. The van der Waals surface area contributed by atoms with Crippen molar-refractivity contribution in [3.8, 4) is 0 Å². The van der Waals surface area contributed by atoms with Crippen molar-refractivity contribution >= 4 is 27.3 Å². The summed E-state index contributed by atoms with van der Waals surface area (Å²) in [5.41, 5.74) is 0.572. The van der Waals surface area contributed by atoms with E-state index in [9.17, 15) is 18.5 Å². The fourth-order valence-corrected chi connectivity index (χ4v) is 4.91. The molecule has 1 aromatic heterocycles. The SMILES string of the molecule is CC1c2cccn2CCN1S(=O)(=O)c1cc([N+](=O)[O-])ccc1Cl. The minimum atomic E-state index is -3.93. The summed E-state index contributed by atoms with van der Waals surface area (Å²) in [7, 11) is -3.93. The number of hydrogen-bond donors (Lipinski definition) is 0. The molecular weight excluding hydrogens is 342 g/mol. The molecule has 2 heterocycles. The lowest BCUT2D eigenvalue weighted by atomic mass is 10.2. The Labute approximate surface area is 138 Å². The smallest absolute Gasteiger partial charge is 0.270 e. The van der Waals surface area contributed by atoms with Crippen molar-refractivity contribution in [3.63, 3.8) is 0 Å². The molecule has 3 rings (SSSR count). The Morgan fingerprint density at radius 2 is 2.04 bits per heavy atom. The molecule has 0 bridgehead atoms. The lowest BCUT2D eigenvalue weighted by Gasteiger charge is -2.34. The molecule has 2 aromatic rings. The van der Waals surface area contributed by atoms with Gasteiger partial charge in [0.25, 0.3) is 5.69 Å². The molecule has 0 radical (unpaired) electrons. The fourth-order valence-electron chi connectivity index (χ4n) is 2.82. The summed E-state index contributed by atoms with van der Waals surface area (Å²) in [5.74, 6) is 0. The number of fused-ring (bicyclic) bond motifs is 1. The van der Waals surface area contributed by atoms with E-state index < -0.39 is 14.9 Å². The van der Waals surface area contributed by atoms with Crippen LogP contribution in [-0.2, 0) is 16.6 Å². The Bertz CT molecular complexity index is 878. The van der Waals surface area contributed by atoms with Gasteiger partial charge in [0.1, 0.15) is 4.90 Å². The van der Waals surface area contributed by atoms with E-state index in [4.69, 9.17) is 11.6 Å². The zero-order valence-corrected chi connectivity index (χ0v) is 13.8. The third-order valence-corrected chi connectivity index (χ3v) is 6.45. The van der Waals surface area contributed by atoms with E-state index in [-0.39, 0.29) is 28.2 Å². The van der Waals surface area contributed by atoms with Crippen molar-refractivity contribution < 1.29 is 13.3 Å².